The zero-order valence-corrected chi connectivity index (χ0v) is 52.5. The number of esters is 3. The summed E-state index contributed by atoms with van der Waals surface area (Å²) >= 11 is 0. The lowest BCUT2D eigenvalue weighted by atomic mass is 10.0. The molecule has 0 radical (unpaired) electrons. The first kappa shape index (κ1) is 76.3. The van der Waals surface area contributed by atoms with E-state index in [-0.39, 0.29) is 31.6 Å². The molecule has 0 rings (SSSR count). The van der Waals surface area contributed by atoms with Crippen molar-refractivity contribution in [2.75, 3.05) is 13.2 Å². The van der Waals surface area contributed by atoms with E-state index in [1.54, 1.807) is 6.08 Å². The lowest BCUT2D eigenvalue weighted by Crippen LogP contribution is -2.30. The van der Waals surface area contributed by atoms with Crippen molar-refractivity contribution >= 4 is 17.9 Å². The number of carbonyl (C=O) groups excluding carboxylic acids is 3. The van der Waals surface area contributed by atoms with Crippen LogP contribution in [0.25, 0.3) is 0 Å². The molecule has 0 aliphatic heterocycles. The normalized spacial score (nSPS) is 13.1. The molecule has 0 aromatic rings. The largest absolute Gasteiger partial charge is 0.462 e. The number of allylic oxidation sites excluding steroid dienone is 23. The molecule has 0 aromatic carbocycles. The van der Waals surface area contributed by atoms with Gasteiger partial charge in [0.05, 0.1) is 6.42 Å². The van der Waals surface area contributed by atoms with Crippen molar-refractivity contribution in [2.45, 2.75) is 297 Å². The van der Waals surface area contributed by atoms with Crippen LogP contribution in [-0.4, -0.2) is 37.2 Å². The molecule has 0 aromatic heterocycles. The Morgan fingerprint density at radius 2 is 0.481 bits per heavy atom. The SMILES string of the molecule is CC/C=C\C/C=C\C/C=C\C/C=C\C/C=C\CC(=O)OC(COC(=O)CCCCCCC/C=C\C/C=C\C/C=C\CC)COC(=O)CCCCCCCCCCCCCCCCCCCCCC/C=C\C/C=C\C/C=C\C/C=C\CC. The minimum atomic E-state index is -0.844. The zero-order chi connectivity index (χ0) is 58.5. The van der Waals surface area contributed by atoms with Gasteiger partial charge in [-0.1, -0.05) is 301 Å². The first-order chi connectivity index (χ1) is 40.0. The molecule has 0 fully saturated rings. The Kier molecular flexibility index (Phi) is 63.9. The highest BCUT2D eigenvalue weighted by Gasteiger charge is 2.19. The van der Waals surface area contributed by atoms with Crippen LogP contribution in [0.1, 0.15) is 290 Å². The number of hydrogen-bond donors (Lipinski definition) is 0. The Balaban J connectivity index is 4.24. The molecule has 0 bridgehead atoms. The van der Waals surface area contributed by atoms with Gasteiger partial charge in [-0.2, -0.15) is 0 Å². The van der Waals surface area contributed by atoms with Crippen molar-refractivity contribution in [2.24, 2.45) is 0 Å². The summed E-state index contributed by atoms with van der Waals surface area (Å²) in [5, 5.41) is 0. The average molecular weight is 1120 g/mol. The minimum Gasteiger partial charge on any atom is -0.462 e. The smallest absolute Gasteiger partial charge is 0.310 e. The minimum absolute atomic E-state index is 0.0893. The molecule has 458 valence electrons. The monoisotopic (exact) mass is 1120 g/mol. The average Bonchev–Trinajstić information content (AvgIpc) is 3.47. The third kappa shape index (κ3) is 66.0. The number of unbranched alkanes of at least 4 members (excludes halogenated alkanes) is 25. The second-order valence-corrected chi connectivity index (χ2v) is 21.6. The van der Waals surface area contributed by atoms with E-state index >= 15 is 0 Å². The van der Waals surface area contributed by atoms with Crippen LogP contribution in [0.4, 0.5) is 0 Å². The highest BCUT2D eigenvalue weighted by molar-refractivity contribution is 5.72. The summed E-state index contributed by atoms with van der Waals surface area (Å²) in [5.41, 5.74) is 0. The van der Waals surface area contributed by atoms with Crippen LogP contribution in [0.2, 0.25) is 0 Å². The Morgan fingerprint density at radius 1 is 0.259 bits per heavy atom. The molecule has 0 spiro atoms. The fraction of sp³-hybridized carbons (Fsp3) is 0.640. The highest BCUT2D eigenvalue weighted by Crippen LogP contribution is 2.17. The van der Waals surface area contributed by atoms with Crippen LogP contribution >= 0.6 is 0 Å². The quantitative estimate of drug-likeness (QED) is 0.0261. The second-order valence-electron chi connectivity index (χ2n) is 21.6. The molecule has 0 saturated heterocycles. The van der Waals surface area contributed by atoms with Crippen molar-refractivity contribution in [1.29, 1.82) is 0 Å². The van der Waals surface area contributed by atoms with Crippen LogP contribution in [0.5, 0.6) is 0 Å². The standard InChI is InChI=1S/C75H122O6/c1-4-7-10-13-16-19-22-25-28-29-30-31-32-33-34-35-36-37-38-39-40-41-42-43-44-45-48-50-53-56-59-62-65-68-74(77)80-71-72(81-75(78)69-66-63-60-57-54-51-47-27-24-21-18-15-12-9-6-3)70-79-73(76)67-64-61-58-55-52-49-46-26-23-20-17-14-11-8-5-2/h7-12,16-21,25-28,30-31,46-47,54,57,63,66,72H,4-6,13-15,22-24,29,32-45,48-53,55-56,58-62,64-65,67-71H2,1-3H3/b10-7-,11-8-,12-9-,19-16-,20-17-,21-18-,28-25-,31-30-,46-26-,47-27-,57-54-,66-63-. The summed E-state index contributed by atoms with van der Waals surface area (Å²) in [6, 6.07) is 0. The van der Waals surface area contributed by atoms with Crippen LogP contribution < -0.4 is 0 Å². The van der Waals surface area contributed by atoms with E-state index in [2.05, 4.69) is 154 Å². The Morgan fingerprint density at radius 3 is 0.753 bits per heavy atom. The van der Waals surface area contributed by atoms with E-state index in [1.165, 1.54) is 116 Å². The summed E-state index contributed by atoms with van der Waals surface area (Å²) < 4.78 is 16.8. The van der Waals surface area contributed by atoms with Crippen LogP contribution in [0.3, 0.4) is 0 Å². The molecule has 0 heterocycles. The van der Waals surface area contributed by atoms with Gasteiger partial charge in [-0.15, -0.1) is 0 Å². The maximum Gasteiger partial charge on any atom is 0.310 e. The van der Waals surface area contributed by atoms with Crippen LogP contribution in [0.15, 0.2) is 146 Å². The molecule has 0 saturated carbocycles. The fourth-order valence-corrected chi connectivity index (χ4v) is 9.00. The van der Waals surface area contributed by atoms with E-state index in [9.17, 15) is 14.4 Å². The van der Waals surface area contributed by atoms with Gasteiger partial charge in [0, 0.05) is 12.8 Å². The number of carbonyl (C=O) groups is 3. The van der Waals surface area contributed by atoms with E-state index in [0.29, 0.717) is 19.3 Å². The molecule has 1 atom stereocenters. The van der Waals surface area contributed by atoms with Gasteiger partial charge in [-0.3, -0.25) is 14.4 Å². The van der Waals surface area contributed by atoms with Gasteiger partial charge < -0.3 is 14.2 Å². The lowest BCUT2D eigenvalue weighted by Gasteiger charge is -2.18. The predicted octanol–water partition coefficient (Wildman–Crippen LogP) is 23.1. The molecule has 0 amide bonds. The summed E-state index contributed by atoms with van der Waals surface area (Å²) in [7, 11) is 0. The molecule has 1 unspecified atom stereocenters. The van der Waals surface area contributed by atoms with Crippen molar-refractivity contribution in [3.63, 3.8) is 0 Å². The summed E-state index contributed by atoms with van der Waals surface area (Å²) in [6.07, 6.45) is 97.7. The molecule has 6 heteroatoms. The van der Waals surface area contributed by atoms with Crippen molar-refractivity contribution in [3.8, 4) is 0 Å². The summed E-state index contributed by atoms with van der Waals surface area (Å²) in [6.45, 7) is 6.21. The Bertz CT molecular complexity index is 1760. The van der Waals surface area contributed by atoms with Gasteiger partial charge in [-0.25, -0.2) is 0 Å². The molecule has 0 aliphatic rings. The Labute approximate surface area is 499 Å². The first-order valence-corrected chi connectivity index (χ1v) is 33.3. The van der Waals surface area contributed by atoms with E-state index in [4.69, 9.17) is 14.2 Å². The fourth-order valence-electron chi connectivity index (χ4n) is 9.00. The first-order valence-electron chi connectivity index (χ1n) is 33.3. The van der Waals surface area contributed by atoms with Crippen molar-refractivity contribution in [3.05, 3.63) is 146 Å². The zero-order valence-electron chi connectivity index (χ0n) is 52.5. The van der Waals surface area contributed by atoms with Crippen LogP contribution in [-0.2, 0) is 28.6 Å². The van der Waals surface area contributed by atoms with E-state index in [1.807, 2.05) is 6.08 Å². The van der Waals surface area contributed by atoms with Gasteiger partial charge in [0.2, 0.25) is 0 Å². The van der Waals surface area contributed by atoms with Gasteiger partial charge in [0.15, 0.2) is 6.10 Å². The summed E-state index contributed by atoms with van der Waals surface area (Å²) in [4.78, 5) is 38.2. The molecule has 0 N–H and O–H groups in total. The number of ether oxygens (including phenoxy) is 3. The highest BCUT2D eigenvalue weighted by atomic mass is 16.6. The molecule has 81 heavy (non-hydrogen) atoms. The third-order valence-corrected chi connectivity index (χ3v) is 13.9. The third-order valence-electron chi connectivity index (χ3n) is 13.9. The Hall–Kier alpha value is -4.71. The molecular weight excluding hydrogens is 997 g/mol. The molecular formula is C75H122O6. The maximum absolute atomic E-state index is 12.8. The van der Waals surface area contributed by atoms with Crippen LogP contribution in [0, 0.1) is 0 Å². The summed E-state index contributed by atoms with van der Waals surface area (Å²) in [5.74, 6) is -1.07. The van der Waals surface area contributed by atoms with Gasteiger partial charge >= 0.3 is 17.9 Å². The van der Waals surface area contributed by atoms with Gasteiger partial charge in [-0.05, 0) is 116 Å². The molecule has 6 nitrogen and oxygen atoms in total. The predicted molar refractivity (Wildman–Crippen MR) is 352 cm³/mol. The van der Waals surface area contributed by atoms with Crippen molar-refractivity contribution < 1.29 is 28.6 Å². The molecule has 0 aliphatic carbocycles. The second kappa shape index (κ2) is 67.8. The van der Waals surface area contributed by atoms with E-state index < -0.39 is 12.1 Å². The van der Waals surface area contributed by atoms with Crippen molar-refractivity contribution in [1.82, 2.24) is 0 Å². The van der Waals surface area contributed by atoms with Gasteiger partial charge in [0.25, 0.3) is 0 Å². The maximum atomic E-state index is 12.8. The number of rotatable bonds is 59. The van der Waals surface area contributed by atoms with E-state index in [0.717, 1.165) is 128 Å². The number of hydrogen-bond acceptors (Lipinski definition) is 6. The topological polar surface area (TPSA) is 78.9 Å². The van der Waals surface area contributed by atoms with Gasteiger partial charge in [0.1, 0.15) is 13.2 Å². The lowest BCUT2D eigenvalue weighted by molar-refractivity contribution is -0.166.